The number of hydrogen-bond donors (Lipinski definition) is 3. The first-order valence-corrected chi connectivity index (χ1v) is 5.44. The molecule has 0 aromatic carbocycles. The molecule has 1 unspecified atom stereocenters. The molecule has 0 aliphatic rings. The lowest BCUT2D eigenvalue weighted by atomic mass is 9.97. The van der Waals surface area contributed by atoms with E-state index in [-0.39, 0.29) is 5.95 Å². The molecule has 1 aromatic heterocycles. The summed E-state index contributed by atoms with van der Waals surface area (Å²) in [5, 5.41) is 20.9. The van der Waals surface area contributed by atoms with Crippen LogP contribution in [0.25, 0.3) is 0 Å². The molecular formula is C10H15N5O3. The first-order valence-electron chi connectivity index (χ1n) is 5.44. The van der Waals surface area contributed by atoms with Crippen molar-refractivity contribution in [1.29, 1.82) is 0 Å². The molecule has 2 amide bonds. The van der Waals surface area contributed by atoms with Crippen LogP contribution in [0.2, 0.25) is 0 Å². The van der Waals surface area contributed by atoms with Gasteiger partial charge in [0.25, 0.3) is 5.95 Å². The fourth-order valence-corrected chi connectivity index (χ4v) is 1.41. The van der Waals surface area contributed by atoms with Crippen LogP contribution in [0.3, 0.4) is 0 Å². The number of aliphatic carboxylic acids is 1. The molecular weight excluding hydrogens is 238 g/mol. The van der Waals surface area contributed by atoms with Gasteiger partial charge in [-0.05, 0) is 13.3 Å². The number of rotatable bonds is 5. The van der Waals surface area contributed by atoms with Crippen molar-refractivity contribution >= 4 is 17.9 Å². The van der Waals surface area contributed by atoms with E-state index in [0.29, 0.717) is 12.8 Å². The Balaban J connectivity index is 2.65. The minimum Gasteiger partial charge on any atom is -0.480 e. The van der Waals surface area contributed by atoms with Crippen LogP contribution in [0.5, 0.6) is 0 Å². The summed E-state index contributed by atoms with van der Waals surface area (Å²) >= 11 is 0. The van der Waals surface area contributed by atoms with Gasteiger partial charge in [-0.3, -0.25) is 5.32 Å². The quantitative estimate of drug-likeness (QED) is 0.708. The number of hydrogen-bond acceptors (Lipinski definition) is 5. The third-order valence-corrected chi connectivity index (χ3v) is 2.32. The van der Waals surface area contributed by atoms with Gasteiger partial charge in [-0.15, -0.1) is 5.10 Å². The fourth-order valence-electron chi connectivity index (χ4n) is 1.41. The lowest BCUT2D eigenvalue weighted by Crippen LogP contribution is -2.53. The second-order valence-corrected chi connectivity index (χ2v) is 3.93. The first kappa shape index (κ1) is 13.8. The topological polar surface area (TPSA) is 117 Å². The number of amides is 2. The molecule has 18 heavy (non-hydrogen) atoms. The molecule has 8 heteroatoms. The summed E-state index contributed by atoms with van der Waals surface area (Å²) in [6.07, 6.45) is 3.68. The van der Waals surface area contributed by atoms with Crippen LogP contribution in [0, 0.1) is 0 Å². The lowest BCUT2D eigenvalue weighted by Gasteiger charge is -2.25. The molecule has 0 saturated heterocycles. The minimum atomic E-state index is -1.32. The zero-order chi connectivity index (χ0) is 13.6. The van der Waals surface area contributed by atoms with Crippen molar-refractivity contribution in [3.8, 4) is 0 Å². The average molecular weight is 253 g/mol. The molecule has 0 saturated carbocycles. The summed E-state index contributed by atoms with van der Waals surface area (Å²) in [4.78, 5) is 26.5. The van der Waals surface area contributed by atoms with Crippen LogP contribution < -0.4 is 10.6 Å². The molecule has 98 valence electrons. The third kappa shape index (κ3) is 3.65. The van der Waals surface area contributed by atoms with Gasteiger partial charge in [0.2, 0.25) is 0 Å². The number of anilines is 1. The van der Waals surface area contributed by atoms with E-state index < -0.39 is 17.5 Å². The molecule has 1 heterocycles. The molecule has 0 fully saturated rings. The Morgan fingerprint density at radius 3 is 2.67 bits per heavy atom. The highest BCUT2D eigenvalue weighted by molar-refractivity contribution is 5.92. The van der Waals surface area contributed by atoms with E-state index in [1.54, 1.807) is 0 Å². The zero-order valence-electron chi connectivity index (χ0n) is 10.2. The molecule has 1 atom stereocenters. The van der Waals surface area contributed by atoms with Crippen LogP contribution in [0.15, 0.2) is 12.4 Å². The summed E-state index contributed by atoms with van der Waals surface area (Å²) < 4.78 is 0. The molecule has 0 radical (unpaired) electrons. The van der Waals surface area contributed by atoms with E-state index in [9.17, 15) is 9.59 Å². The van der Waals surface area contributed by atoms with E-state index >= 15 is 0 Å². The molecule has 1 aromatic rings. The Kier molecular flexibility index (Phi) is 4.52. The number of carbonyl (C=O) groups is 2. The first-order chi connectivity index (χ1) is 8.48. The number of nitrogens with zero attached hydrogens (tertiary/aromatic N) is 3. The van der Waals surface area contributed by atoms with Crippen molar-refractivity contribution in [2.75, 3.05) is 5.32 Å². The van der Waals surface area contributed by atoms with E-state index in [0.717, 1.165) is 0 Å². The minimum absolute atomic E-state index is 0.0132. The molecule has 1 rings (SSSR count). The SMILES string of the molecule is CCCC(C)(NC(=O)Nc1nccnn1)C(=O)O. The number of urea groups is 1. The normalized spacial score (nSPS) is 13.4. The van der Waals surface area contributed by atoms with Crippen molar-refractivity contribution in [2.24, 2.45) is 0 Å². The second kappa shape index (κ2) is 5.89. The number of carboxylic acids is 1. The van der Waals surface area contributed by atoms with E-state index in [1.165, 1.54) is 19.3 Å². The highest BCUT2D eigenvalue weighted by Gasteiger charge is 2.33. The fraction of sp³-hybridized carbons (Fsp3) is 0.500. The molecule has 3 N–H and O–H groups in total. The Morgan fingerprint density at radius 2 is 2.17 bits per heavy atom. The predicted molar refractivity (Wildman–Crippen MR) is 62.9 cm³/mol. The van der Waals surface area contributed by atoms with Gasteiger partial charge in [-0.25, -0.2) is 14.6 Å². The van der Waals surface area contributed by atoms with Crippen LogP contribution in [0.1, 0.15) is 26.7 Å². The maximum Gasteiger partial charge on any atom is 0.329 e. The Bertz CT molecular complexity index is 425. The van der Waals surface area contributed by atoms with E-state index in [2.05, 4.69) is 25.8 Å². The van der Waals surface area contributed by atoms with Crippen molar-refractivity contribution in [1.82, 2.24) is 20.5 Å². The van der Waals surface area contributed by atoms with Gasteiger partial charge in [0.05, 0.1) is 12.4 Å². The smallest absolute Gasteiger partial charge is 0.329 e. The van der Waals surface area contributed by atoms with Crippen LogP contribution in [0.4, 0.5) is 10.7 Å². The third-order valence-electron chi connectivity index (χ3n) is 2.32. The van der Waals surface area contributed by atoms with Gasteiger partial charge >= 0.3 is 12.0 Å². The summed E-state index contributed by atoms with van der Waals surface area (Å²) in [7, 11) is 0. The van der Waals surface area contributed by atoms with Gasteiger partial charge in [0.15, 0.2) is 0 Å². The molecule has 8 nitrogen and oxygen atoms in total. The van der Waals surface area contributed by atoms with Gasteiger partial charge in [0, 0.05) is 0 Å². The Hall–Kier alpha value is -2.25. The molecule has 0 aliphatic heterocycles. The largest absolute Gasteiger partial charge is 0.480 e. The summed E-state index contributed by atoms with van der Waals surface area (Å²) in [5.41, 5.74) is -1.32. The van der Waals surface area contributed by atoms with Crippen LogP contribution in [-0.4, -0.2) is 37.8 Å². The Labute approximate surface area is 104 Å². The standard InChI is InChI=1S/C10H15N5O3/c1-3-4-10(2,7(16)17)14-9(18)13-8-11-5-6-12-15-8/h5-6H,3-4H2,1-2H3,(H,16,17)(H2,11,13,14,15,18). The van der Waals surface area contributed by atoms with Crippen LogP contribution in [-0.2, 0) is 4.79 Å². The maximum absolute atomic E-state index is 11.6. The second-order valence-electron chi connectivity index (χ2n) is 3.93. The van der Waals surface area contributed by atoms with Crippen molar-refractivity contribution < 1.29 is 14.7 Å². The number of carboxylic acid groups (broad SMARTS) is 1. The van der Waals surface area contributed by atoms with Gasteiger partial charge < -0.3 is 10.4 Å². The molecule has 0 bridgehead atoms. The predicted octanol–water partition coefficient (Wildman–Crippen LogP) is 0.636. The number of aromatic nitrogens is 3. The highest BCUT2D eigenvalue weighted by atomic mass is 16.4. The monoisotopic (exact) mass is 253 g/mol. The zero-order valence-corrected chi connectivity index (χ0v) is 10.2. The summed E-state index contributed by atoms with van der Waals surface area (Å²) in [5.74, 6) is -1.08. The summed E-state index contributed by atoms with van der Waals surface area (Å²) in [6, 6.07) is -0.679. The van der Waals surface area contributed by atoms with Gasteiger partial charge in [0.1, 0.15) is 5.54 Å². The maximum atomic E-state index is 11.6. The van der Waals surface area contributed by atoms with Gasteiger partial charge in [-0.2, -0.15) is 5.10 Å². The lowest BCUT2D eigenvalue weighted by molar-refractivity contribution is -0.143. The van der Waals surface area contributed by atoms with Crippen molar-refractivity contribution in [3.05, 3.63) is 12.4 Å². The summed E-state index contributed by atoms with van der Waals surface area (Å²) in [6.45, 7) is 3.29. The van der Waals surface area contributed by atoms with Gasteiger partial charge in [-0.1, -0.05) is 13.3 Å². The van der Waals surface area contributed by atoms with Crippen LogP contribution >= 0.6 is 0 Å². The molecule has 0 aliphatic carbocycles. The highest BCUT2D eigenvalue weighted by Crippen LogP contribution is 2.12. The van der Waals surface area contributed by atoms with Crippen molar-refractivity contribution in [3.63, 3.8) is 0 Å². The average Bonchev–Trinajstić information content (AvgIpc) is 2.30. The Morgan fingerprint density at radius 1 is 1.44 bits per heavy atom. The van der Waals surface area contributed by atoms with E-state index in [1.807, 2.05) is 6.92 Å². The van der Waals surface area contributed by atoms with Crippen molar-refractivity contribution in [2.45, 2.75) is 32.2 Å². The number of carbonyl (C=O) groups excluding carboxylic acids is 1. The molecule has 0 spiro atoms. The van der Waals surface area contributed by atoms with E-state index in [4.69, 9.17) is 5.11 Å². The number of nitrogens with one attached hydrogen (secondary N) is 2.